The van der Waals surface area contributed by atoms with Crippen molar-refractivity contribution < 1.29 is 71.3 Å². The Kier molecular flexibility index (Phi) is 10.7. The minimum Gasteiger partial charge on any atom is -0.479 e. The average Bonchev–Trinajstić information content (AvgIpc) is 3.15. The van der Waals surface area contributed by atoms with Gasteiger partial charge in [-0.05, 0) is 61.0 Å². The Morgan fingerprint density at radius 1 is 1.07 bits per heavy atom. The summed E-state index contributed by atoms with van der Waals surface area (Å²) in [6.07, 6.45) is -21.6. The van der Waals surface area contributed by atoms with Crippen LogP contribution in [-0.4, -0.2) is 82.1 Å². The quantitative estimate of drug-likeness (QED) is 0.142. The van der Waals surface area contributed by atoms with Gasteiger partial charge in [0.1, 0.15) is 29.7 Å². The normalized spacial score (nSPS) is 27.1. The van der Waals surface area contributed by atoms with Gasteiger partial charge < -0.3 is 34.6 Å². The molecule has 3 aromatic rings. The number of carbonyl (C=O) groups excluding carboxylic acids is 1. The van der Waals surface area contributed by atoms with E-state index >= 15 is 0 Å². The molecular weight excluding hydrogens is 737 g/mol. The third kappa shape index (κ3) is 9.03. The highest BCUT2D eigenvalue weighted by atomic mass is 32.2. The fourth-order valence-electron chi connectivity index (χ4n) is 6.30. The number of hydrogen-bond donors (Lipinski definition) is 5. The fourth-order valence-corrected chi connectivity index (χ4v) is 7.28. The molecule has 292 valence electrons. The van der Waals surface area contributed by atoms with E-state index in [0.717, 1.165) is 6.92 Å². The fraction of sp³-hybridized carbons (Fsp3) is 0.432. The number of cyclic esters (lactones) is 1. The number of pyridine rings is 1. The number of benzene rings is 2. The van der Waals surface area contributed by atoms with E-state index in [-0.39, 0.29) is 36.1 Å². The van der Waals surface area contributed by atoms with Crippen LogP contribution in [-0.2, 0) is 46.4 Å². The Labute approximate surface area is 315 Å². The van der Waals surface area contributed by atoms with E-state index in [1.54, 1.807) is 37.3 Å². The van der Waals surface area contributed by atoms with Gasteiger partial charge in [-0.1, -0.05) is 62.7 Å². The lowest BCUT2D eigenvalue weighted by molar-refractivity contribution is -0.287. The minimum atomic E-state index is -4.77. The van der Waals surface area contributed by atoms with Crippen LogP contribution in [0, 0.1) is 0 Å². The summed E-state index contributed by atoms with van der Waals surface area (Å²) in [6.45, 7) is 2.56. The molecule has 1 fully saturated rings. The molecule has 1 saturated heterocycles. The van der Waals surface area contributed by atoms with Crippen molar-refractivity contribution in [3.63, 3.8) is 0 Å². The number of aromatic nitrogens is 1. The Bertz CT molecular complexity index is 2120. The number of hydrogen-bond acceptors (Lipinski definition) is 11. The molecule has 13 nitrogen and oxygen atoms in total. The van der Waals surface area contributed by atoms with Crippen molar-refractivity contribution in [3.05, 3.63) is 101 Å². The van der Waals surface area contributed by atoms with Crippen molar-refractivity contribution in [2.45, 2.75) is 106 Å². The molecule has 2 aliphatic rings. The molecule has 0 bridgehead atoms. The zero-order valence-corrected chi connectivity index (χ0v) is 29.7. The molecule has 0 amide bonds. The molecule has 5 rings (SSSR count). The predicted octanol–water partition coefficient (Wildman–Crippen LogP) is 4.68. The van der Waals surface area contributed by atoms with E-state index < -0.39 is 106 Å². The van der Waals surface area contributed by atoms with Crippen LogP contribution in [0.15, 0.2) is 89.3 Å². The molecule has 17 heteroatoms. The number of aliphatic hydroxyl groups excluding tert-OH is 3. The standard InChI is InChI=1S/C37H41F3N2O11S/c1-3-16-36(17-15-21-9-6-5-7-10-21)19-26(51-35-31(45)29(43)30(44)32(52-35)33(46)47)28(34(48)53-36)25(4-2)22-11-8-12-24(18-22)42-54(49,50)27-14-13-23(20-41-27)37(38,39)40/h5-14,18,20,25,29-32,35,42-45H,3-4,15-17,19H2,1-2H3,(H,46,47)/t25-,29+,30+,31-,32+,35-,36-/m1/s1/i3D2,16D2. The molecule has 0 unspecified atom stereocenters. The van der Waals surface area contributed by atoms with E-state index in [2.05, 4.69) is 9.71 Å². The Balaban J connectivity index is 1.61. The van der Waals surface area contributed by atoms with Gasteiger partial charge in [0, 0.05) is 29.7 Å². The van der Waals surface area contributed by atoms with Crippen molar-refractivity contribution in [2.75, 3.05) is 4.72 Å². The number of alkyl halides is 3. The van der Waals surface area contributed by atoms with E-state index in [0.29, 0.717) is 23.9 Å². The summed E-state index contributed by atoms with van der Waals surface area (Å²) in [6, 6.07) is 15.3. The first-order valence-corrected chi connectivity index (χ1v) is 18.2. The number of carbonyl (C=O) groups is 2. The smallest absolute Gasteiger partial charge is 0.417 e. The molecule has 2 aromatic carbocycles. The van der Waals surface area contributed by atoms with Crippen LogP contribution in [0.4, 0.5) is 18.9 Å². The topological polar surface area (TPSA) is 202 Å². The SMILES string of the molecule is [2H]C([2H])(C)C([2H])([2H])[C@@]1(CCc2ccccc2)CC(O[C@@H]2O[C@H](C(=O)O)[C@@H](O)[C@H](O)[C@H]2O)=C([C@H](CC)c2cccc(NS(=O)(=O)c3ccc(C(F)(F)F)cn3)c2)C(=O)O1. The van der Waals surface area contributed by atoms with Crippen molar-refractivity contribution in [1.29, 1.82) is 0 Å². The lowest BCUT2D eigenvalue weighted by Gasteiger charge is -2.43. The van der Waals surface area contributed by atoms with Crippen LogP contribution in [0.1, 0.15) is 73.9 Å². The van der Waals surface area contributed by atoms with E-state index in [1.807, 2.05) is 0 Å². The summed E-state index contributed by atoms with van der Waals surface area (Å²) in [7, 11) is -4.56. The molecule has 1 aromatic heterocycles. The summed E-state index contributed by atoms with van der Waals surface area (Å²) >= 11 is 0. The molecular formula is C37H41F3N2O11S. The first-order valence-electron chi connectivity index (χ1n) is 18.7. The van der Waals surface area contributed by atoms with Crippen molar-refractivity contribution in [3.8, 4) is 0 Å². The van der Waals surface area contributed by atoms with Crippen molar-refractivity contribution >= 4 is 27.6 Å². The number of aryl methyl sites for hydroxylation is 1. The first-order chi connectivity index (χ1) is 26.9. The third-order valence-electron chi connectivity index (χ3n) is 8.98. The van der Waals surface area contributed by atoms with Crippen molar-refractivity contribution in [1.82, 2.24) is 4.98 Å². The third-order valence-corrected chi connectivity index (χ3v) is 10.3. The number of anilines is 1. The number of carboxylic acids is 1. The number of esters is 1. The maximum absolute atomic E-state index is 14.5. The molecule has 0 radical (unpaired) electrons. The second-order valence-corrected chi connectivity index (χ2v) is 14.3. The van der Waals surface area contributed by atoms with Gasteiger partial charge in [0.15, 0.2) is 11.1 Å². The van der Waals surface area contributed by atoms with Gasteiger partial charge >= 0.3 is 18.1 Å². The number of halogens is 3. The summed E-state index contributed by atoms with van der Waals surface area (Å²) in [4.78, 5) is 29.8. The van der Waals surface area contributed by atoms with Crippen LogP contribution in [0.3, 0.4) is 0 Å². The van der Waals surface area contributed by atoms with Crippen LogP contribution >= 0.6 is 0 Å². The van der Waals surface area contributed by atoms with E-state index in [9.17, 15) is 51.6 Å². The second-order valence-electron chi connectivity index (χ2n) is 12.7. The minimum absolute atomic E-state index is 0.0274. The number of aliphatic carboxylic acids is 1. The van der Waals surface area contributed by atoms with E-state index in [1.165, 1.54) is 24.3 Å². The number of aliphatic hydroxyl groups is 3. The highest BCUT2D eigenvalue weighted by molar-refractivity contribution is 7.92. The number of sulfonamides is 1. The summed E-state index contributed by atoms with van der Waals surface area (Å²) < 4.78 is 120. The monoisotopic (exact) mass is 782 g/mol. The van der Waals surface area contributed by atoms with Crippen LogP contribution in [0.25, 0.3) is 0 Å². The molecule has 54 heavy (non-hydrogen) atoms. The molecule has 2 aliphatic heterocycles. The largest absolute Gasteiger partial charge is 0.479 e. The van der Waals surface area contributed by atoms with Gasteiger partial charge in [-0.2, -0.15) is 21.6 Å². The maximum atomic E-state index is 14.5. The van der Waals surface area contributed by atoms with Crippen LogP contribution in [0.2, 0.25) is 0 Å². The number of nitrogens with zero attached hydrogens (tertiary/aromatic N) is 1. The maximum Gasteiger partial charge on any atom is 0.417 e. The summed E-state index contributed by atoms with van der Waals surface area (Å²) in [5.41, 5.74) is -3.07. The molecule has 5 N–H and O–H groups in total. The highest BCUT2D eigenvalue weighted by Gasteiger charge is 2.50. The lowest BCUT2D eigenvalue weighted by atomic mass is 9.79. The van der Waals surface area contributed by atoms with Gasteiger partial charge in [0.2, 0.25) is 6.29 Å². The van der Waals surface area contributed by atoms with Crippen molar-refractivity contribution in [2.24, 2.45) is 0 Å². The van der Waals surface area contributed by atoms with Gasteiger partial charge in [-0.25, -0.2) is 14.6 Å². The number of ether oxygens (including phenoxy) is 3. The molecule has 0 saturated carbocycles. The van der Waals surface area contributed by atoms with Crippen LogP contribution in [0.5, 0.6) is 0 Å². The average molecular weight is 783 g/mol. The molecule has 0 spiro atoms. The zero-order valence-electron chi connectivity index (χ0n) is 32.9. The molecule has 7 atom stereocenters. The van der Waals surface area contributed by atoms with Crippen LogP contribution < -0.4 is 4.72 Å². The predicted molar refractivity (Wildman–Crippen MR) is 185 cm³/mol. The zero-order chi connectivity index (χ0) is 43.0. The lowest BCUT2D eigenvalue weighted by Crippen LogP contribution is -2.60. The molecule has 0 aliphatic carbocycles. The van der Waals surface area contributed by atoms with Gasteiger partial charge in [0.25, 0.3) is 10.0 Å². The highest BCUT2D eigenvalue weighted by Crippen LogP contribution is 2.44. The Morgan fingerprint density at radius 2 is 1.80 bits per heavy atom. The summed E-state index contributed by atoms with van der Waals surface area (Å²) in [5.74, 6) is -4.50. The van der Waals surface area contributed by atoms with E-state index in [4.69, 9.17) is 19.7 Å². The first kappa shape index (κ1) is 35.2. The van der Waals surface area contributed by atoms with Gasteiger partial charge in [-0.3, -0.25) is 4.72 Å². The number of carboxylic acid groups (broad SMARTS) is 1. The Hall–Kier alpha value is -4.55. The van der Waals surface area contributed by atoms with Gasteiger partial charge in [0.05, 0.1) is 11.1 Å². The number of rotatable bonds is 14. The molecule has 3 heterocycles. The van der Waals surface area contributed by atoms with Gasteiger partial charge in [-0.15, -0.1) is 0 Å². The summed E-state index contributed by atoms with van der Waals surface area (Å²) in [5, 5.41) is 40.7. The number of nitrogens with one attached hydrogen (secondary N) is 1. The Morgan fingerprint density at radius 3 is 2.41 bits per heavy atom. The second kappa shape index (κ2) is 16.4.